The first-order chi connectivity index (χ1) is 13.1. The highest BCUT2D eigenvalue weighted by Crippen LogP contribution is 2.33. The summed E-state index contributed by atoms with van der Waals surface area (Å²) in [6.45, 7) is 3.74. The summed E-state index contributed by atoms with van der Waals surface area (Å²) < 4.78 is 48.0. The predicted octanol–water partition coefficient (Wildman–Crippen LogP) is 4.31. The van der Waals surface area contributed by atoms with E-state index in [4.69, 9.17) is 10.5 Å². The smallest absolute Gasteiger partial charge is 0.471 e. The molecule has 9 heteroatoms. The van der Waals surface area contributed by atoms with Gasteiger partial charge in [-0.05, 0) is 49.2 Å². The fraction of sp³-hybridized carbons (Fsp3) is 0.211. The molecule has 0 saturated carbocycles. The monoisotopic (exact) mass is 391 g/mol. The van der Waals surface area contributed by atoms with Crippen LogP contribution in [-0.4, -0.2) is 22.2 Å². The highest BCUT2D eigenvalue weighted by molar-refractivity contribution is 6.00. The van der Waals surface area contributed by atoms with Gasteiger partial charge in [-0.15, -0.1) is 0 Å². The first-order valence-electron chi connectivity index (χ1n) is 8.27. The van der Waals surface area contributed by atoms with E-state index in [0.29, 0.717) is 16.9 Å². The third-order valence-electron chi connectivity index (χ3n) is 3.73. The Kier molecular flexibility index (Phi) is 5.08. The van der Waals surface area contributed by atoms with Crippen molar-refractivity contribution in [3.05, 3.63) is 53.9 Å². The summed E-state index contributed by atoms with van der Waals surface area (Å²) in [5.41, 5.74) is 6.92. The fourth-order valence-corrected chi connectivity index (χ4v) is 2.60. The Labute approximate surface area is 158 Å². The van der Waals surface area contributed by atoms with Gasteiger partial charge in [-0.1, -0.05) is 23.4 Å². The Morgan fingerprint density at radius 3 is 2.50 bits per heavy atom. The van der Waals surface area contributed by atoms with Gasteiger partial charge in [-0.25, -0.2) is 0 Å². The summed E-state index contributed by atoms with van der Waals surface area (Å²) in [5, 5.41) is 3.37. The van der Waals surface area contributed by atoms with Crippen LogP contribution in [0, 0.1) is 0 Å². The molecule has 2 N–H and O–H groups in total. The molecule has 2 aromatic carbocycles. The summed E-state index contributed by atoms with van der Waals surface area (Å²) >= 11 is 0. The number of aromatic nitrogens is 2. The fourth-order valence-electron chi connectivity index (χ4n) is 2.60. The highest BCUT2D eigenvalue weighted by Gasteiger charge is 2.38. The minimum absolute atomic E-state index is 0.0580. The molecule has 0 aliphatic rings. The first kappa shape index (κ1) is 19.4. The molecule has 0 saturated heterocycles. The van der Waals surface area contributed by atoms with E-state index in [0.717, 1.165) is 0 Å². The number of rotatable bonds is 5. The van der Waals surface area contributed by atoms with Crippen molar-refractivity contribution in [2.45, 2.75) is 26.1 Å². The SMILES string of the molecule is CC(C)Oc1cccc(-c2cc(-c3noc(C(F)(F)F)n3)ccc2C(N)=O)c1. The maximum atomic E-state index is 12.7. The van der Waals surface area contributed by atoms with E-state index in [9.17, 15) is 18.0 Å². The lowest BCUT2D eigenvalue weighted by atomic mass is 9.96. The van der Waals surface area contributed by atoms with Crippen LogP contribution in [0.1, 0.15) is 30.1 Å². The Morgan fingerprint density at radius 2 is 1.89 bits per heavy atom. The Balaban J connectivity index is 2.09. The van der Waals surface area contributed by atoms with Gasteiger partial charge in [0, 0.05) is 11.1 Å². The molecule has 0 spiro atoms. The summed E-state index contributed by atoms with van der Waals surface area (Å²) in [6, 6.07) is 11.2. The molecule has 3 rings (SSSR count). The Morgan fingerprint density at radius 1 is 1.14 bits per heavy atom. The minimum Gasteiger partial charge on any atom is -0.491 e. The number of carbonyl (C=O) groups excluding carboxylic acids is 1. The van der Waals surface area contributed by atoms with Gasteiger partial charge in [0.1, 0.15) is 5.75 Å². The second-order valence-corrected chi connectivity index (χ2v) is 6.24. The molecular weight excluding hydrogens is 375 g/mol. The second-order valence-electron chi connectivity index (χ2n) is 6.24. The number of alkyl halides is 3. The normalized spacial score (nSPS) is 11.6. The molecule has 0 unspecified atom stereocenters. The molecule has 1 amide bonds. The third kappa shape index (κ3) is 4.13. The number of nitrogens with zero attached hydrogens (tertiary/aromatic N) is 2. The summed E-state index contributed by atoms with van der Waals surface area (Å²) in [5.74, 6) is -1.80. The quantitative estimate of drug-likeness (QED) is 0.700. The van der Waals surface area contributed by atoms with E-state index in [1.54, 1.807) is 24.3 Å². The maximum Gasteiger partial charge on any atom is 0.471 e. The van der Waals surface area contributed by atoms with Gasteiger partial charge in [0.05, 0.1) is 6.10 Å². The van der Waals surface area contributed by atoms with Crippen LogP contribution >= 0.6 is 0 Å². The molecule has 0 radical (unpaired) electrons. The molecule has 3 aromatic rings. The number of nitrogens with two attached hydrogens (primary N) is 1. The van der Waals surface area contributed by atoms with Crippen LogP contribution in [0.2, 0.25) is 0 Å². The number of hydrogen-bond acceptors (Lipinski definition) is 5. The molecular formula is C19H16F3N3O3. The number of halogens is 3. The molecule has 0 atom stereocenters. The first-order valence-corrected chi connectivity index (χ1v) is 8.27. The van der Waals surface area contributed by atoms with Crippen LogP contribution in [0.25, 0.3) is 22.5 Å². The largest absolute Gasteiger partial charge is 0.491 e. The van der Waals surface area contributed by atoms with Gasteiger partial charge in [0.15, 0.2) is 0 Å². The lowest BCUT2D eigenvalue weighted by Crippen LogP contribution is -2.12. The van der Waals surface area contributed by atoms with Crippen LogP contribution in [0.15, 0.2) is 47.0 Å². The van der Waals surface area contributed by atoms with Crippen molar-refractivity contribution < 1.29 is 27.2 Å². The average Bonchev–Trinajstić information content (AvgIpc) is 3.11. The molecule has 28 heavy (non-hydrogen) atoms. The molecule has 1 aromatic heterocycles. The van der Waals surface area contributed by atoms with Crippen molar-refractivity contribution in [2.24, 2.45) is 5.73 Å². The van der Waals surface area contributed by atoms with Gasteiger partial charge >= 0.3 is 12.1 Å². The van der Waals surface area contributed by atoms with Crippen molar-refractivity contribution in [2.75, 3.05) is 0 Å². The Hall–Kier alpha value is -3.36. The second kappa shape index (κ2) is 7.34. The number of primary amides is 1. The van der Waals surface area contributed by atoms with E-state index in [1.165, 1.54) is 18.2 Å². The van der Waals surface area contributed by atoms with Crippen LogP contribution < -0.4 is 10.5 Å². The van der Waals surface area contributed by atoms with Gasteiger partial charge in [-0.3, -0.25) is 4.79 Å². The zero-order valence-corrected chi connectivity index (χ0v) is 14.9. The minimum atomic E-state index is -4.75. The zero-order chi connectivity index (χ0) is 20.5. The molecule has 0 fully saturated rings. The predicted molar refractivity (Wildman–Crippen MR) is 94.5 cm³/mol. The van der Waals surface area contributed by atoms with E-state index in [1.807, 2.05) is 13.8 Å². The van der Waals surface area contributed by atoms with E-state index in [-0.39, 0.29) is 23.1 Å². The number of amides is 1. The van der Waals surface area contributed by atoms with Crippen LogP contribution in [-0.2, 0) is 6.18 Å². The van der Waals surface area contributed by atoms with Crippen LogP contribution in [0.5, 0.6) is 5.75 Å². The van der Waals surface area contributed by atoms with Crippen LogP contribution in [0.3, 0.4) is 0 Å². The highest BCUT2D eigenvalue weighted by atomic mass is 19.4. The topological polar surface area (TPSA) is 91.2 Å². The van der Waals surface area contributed by atoms with E-state index in [2.05, 4.69) is 14.7 Å². The standard InChI is InChI=1S/C19H16F3N3O3/c1-10(2)27-13-5-3-4-11(8-13)15-9-12(6-7-14(15)16(23)26)17-24-18(28-25-17)19(20,21)22/h3-10H,1-2H3,(H2,23,26). The lowest BCUT2D eigenvalue weighted by molar-refractivity contribution is -0.159. The molecule has 146 valence electrons. The number of ether oxygens (including phenoxy) is 1. The van der Waals surface area contributed by atoms with Crippen molar-refractivity contribution in [3.63, 3.8) is 0 Å². The molecule has 0 aliphatic heterocycles. The number of benzene rings is 2. The molecule has 1 heterocycles. The molecule has 6 nitrogen and oxygen atoms in total. The summed E-state index contributed by atoms with van der Waals surface area (Å²) in [4.78, 5) is 15.2. The Bertz CT molecular complexity index is 1010. The van der Waals surface area contributed by atoms with Gasteiger partial charge in [0.2, 0.25) is 11.7 Å². The molecule has 0 aliphatic carbocycles. The summed E-state index contributed by atoms with van der Waals surface area (Å²) in [6.07, 6.45) is -4.80. The number of carbonyl (C=O) groups is 1. The molecule has 0 bridgehead atoms. The maximum absolute atomic E-state index is 12.7. The third-order valence-corrected chi connectivity index (χ3v) is 3.73. The van der Waals surface area contributed by atoms with Crippen molar-refractivity contribution in [1.82, 2.24) is 10.1 Å². The van der Waals surface area contributed by atoms with Crippen molar-refractivity contribution in [1.29, 1.82) is 0 Å². The van der Waals surface area contributed by atoms with Crippen molar-refractivity contribution in [3.8, 4) is 28.3 Å². The van der Waals surface area contributed by atoms with Crippen LogP contribution in [0.4, 0.5) is 13.2 Å². The summed E-state index contributed by atoms with van der Waals surface area (Å²) in [7, 11) is 0. The van der Waals surface area contributed by atoms with Gasteiger partial charge in [-0.2, -0.15) is 18.2 Å². The average molecular weight is 391 g/mol. The van der Waals surface area contributed by atoms with Crippen molar-refractivity contribution >= 4 is 5.91 Å². The lowest BCUT2D eigenvalue weighted by Gasteiger charge is -2.13. The van der Waals surface area contributed by atoms with E-state index >= 15 is 0 Å². The van der Waals surface area contributed by atoms with Gasteiger partial charge < -0.3 is 15.0 Å². The zero-order valence-electron chi connectivity index (χ0n) is 14.9. The van der Waals surface area contributed by atoms with E-state index < -0.39 is 18.0 Å². The van der Waals surface area contributed by atoms with Gasteiger partial charge in [0.25, 0.3) is 0 Å². The number of hydrogen-bond donors (Lipinski definition) is 1.